The highest BCUT2D eigenvalue weighted by molar-refractivity contribution is 5.31. The fraction of sp³-hybridized carbons (Fsp3) is 0.714. The van der Waals surface area contributed by atoms with E-state index in [1.807, 2.05) is 0 Å². The van der Waals surface area contributed by atoms with Crippen LogP contribution in [0.25, 0.3) is 0 Å². The van der Waals surface area contributed by atoms with Crippen LogP contribution >= 0.6 is 0 Å². The molecule has 2 atom stereocenters. The van der Waals surface area contributed by atoms with E-state index in [-0.39, 0.29) is 0 Å². The van der Waals surface area contributed by atoms with Gasteiger partial charge >= 0.3 is 0 Å². The molecular formula is C14H20. The summed E-state index contributed by atoms with van der Waals surface area (Å²) in [5, 5.41) is 0. The standard InChI is InChI=1S/C14H20/c1-3-7-13-11(5-1)9-10-12-6-2-4-8-14(12)13/h9-10,13-14H,1-8H2/t13-,14-/m0/s1. The van der Waals surface area contributed by atoms with Gasteiger partial charge in [-0.2, -0.15) is 0 Å². The first kappa shape index (κ1) is 8.76. The number of hydrogen-bond acceptors (Lipinski definition) is 0. The molecule has 76 valence electrons. The Labute approximate surface area is 87.1 Å². The lowest BCUT2D eigenvalue weighted by Gasteiger charge is -2.39. The van der Waals surface area contributed by atoms with Gasteiger partial charge < -0.3 is 0 Å². The third-order valence-electron chi connectivity index (χ3n) is 4.41. The summed E-state index contributed by atoms with van der Waals surface area (Å²) in [7, 11) is 0. The van der Waals surface area contributed by atoms with Gasteiger partial charge in [-0.1, -0.05) is 36.1 Å². The predicted molar refractivity (Wildman–Crippen MR) is 60.1 cm³/mol. The highest BCUT2D eigenvalue weighted by Crippen LogP contribution is 2.46. The van der Waals surface area contributed by atoms with Crippen LogP contribution < -0.4 is 0 Å². The van der Waals surface area contributed by atoms with Crippen LogP contribution in [0.15, 0.2) is 23.3 Å². The van der Waals surface area contributed by atoms with Gasteiger partial charge in [0.05, 0.1) is 0 Å². The minimum absolute atomic E-state index is 0.962. The maximum Gasteiger partial charge on any atom is -0.0134 e. The van der Waals surface area contributed by atoms with Crippen LogP contribution in [0.1, 0.15) is 51.4 Å². The zero-order valence-electron chi connectivity index (χ0n) is 8.97. The minimum Gasteiger partial charge on any atom is -0.0665 e. The SMILES string of the molecule is C1=C2CCCC[C@@H]2[C@H]2CCCCC2=C1. The van der Waals surface area contributed by atoms with Crippen molar-refractivity contribution in [1.29, 1.82) is 0 Å². The second kappa shape index (κ2) is 3.56. The van der Waals surface area contributed by atoms with E-state index in [2.05, 4.69) is 12.2 Å². The van der Waals surface area contributed by atoms with Crippen molar-refractivity contribution >= 4 is 0 Å². The topological polar surface area (TPSA) is 0 Å². The van der Waals surface area contributed by atoms with E-state index in [9.17, 15) is 0 Å². The van der Waals surface area contributed by atoms with Crippen molar-refractivity contribution in [3.63, 3.8) is 0 Å². The molecule has 0 aromatic carbocycles. The summed E-state index contributed by atoms with van der Waals surface area (Å²) in [6.45, 7) is 0. The summed E-state index contributed by atoms with van der Waals surface area (Å²) in [6.07, 6.45) is 16.5. The Morgan fingerprint density at radius 3 is 1.71 bits per heavy atom. The van der Waals surface area contributed by atoms with E-state index >= 15 is 0 Å². The van der Waals surface area contributed by atoms with Crippen LogP contribution in [-0.4, -0.2) is 0 Å². The molecular weight excluding hydrogens is 168 g/mol. The highest BCUT2D eigenvalue weighted by atomic mass is 14.4. The first-order valence-corrected chi connectivity index (χ1v) is 6.34. The summed E-state index contributed by atoms with van der Waals surface area (Å²) < 4.78 is 0. The van der Waals surface area contributed by atoms with Crippen LogP contribution in [0.2, 0.25) is 0 Å². The maximum absolute atomic E-state index is 2.46. The second-order valence-corrected chi connectivity index (χ2v) is 5.19. The summed E-state index contributed by atoms with van der Waals surface area (Å²) in [5.74, 6) is 1.92. The molecule has 0 aromatic rings. The highest BCUT2D eigenvalue weighted by Gasteiger charge is 2.32. The Morgan fingerprint density at radius 1 is 0.714 bits per heavy atom. The zero-order chi connectivity index (χ0) is 9.38. The second-order valence-electron chi connectivity index (χ2n) is 5.19. The lowest BCUT2D eigenvalue weighted by molar-refractivity contribution is 0.297. The molecule has 14 heavy (non-hydrogen) atoms. The molecule has 0 amide bonds. The van der Waals surface area contributed by atoms with Gasteiger partial charge in [0.2, 0.25) is 0 Å². The number of hydrogen-bond donors (Lipinski definition) is 0. The molecule has 3 rings (SSSR count). The van der Waals surface area contributed by atoms with E-state index in [1.54, 1.807) is 11.1 Å². The average Bonchev–Trinajstić information content (AvgIpc) is 2.29. The van der Waals surface area contributed by atoms with Crippen molar-refractivity contribution in [2.24, 2.45) is 11.8 Å². The van der Waals surface area contributed by atoms with E-state index in [0.29, 0.717) is 0 Å². The smallest absolute Gasteiger partial charge is 0.0134 e. The Hall–Kier alpha value is -0.520. The average molecular weight is 188 g/mol. The molecule has 0 heteroatoms. The Balaban J connectivity index is 1.89. The predicted octanol–water partition coefficient (Wildman–Crippen LogP) is 4.23. The van der Waals surface area contributed by atoms with Crippen molar-refractivity contribution in [3.05, 3.63) is 23.3 Å². The molecule has 3 aliphatic carbocycles. The molecule has 2 saturated carbocycles. The number of allylic oxidation sites excluding steroid dienone is 4. The molecule has 0 radical (unpaired) electrons. The third kappa shape index (κ3) is 1.36. The summed E-state index contributed by atoms with van der Waals surface area (Å²) in [5.41, 5.74) is 3.57. The molecule has 0 aliphatic heterocycles. The third-order valence-corrected chi connectivity index (χ3v) is 4.41. The molecule has 2 fully saturated rings. The fourth-order valence-corrected chi connectivity index (χ4v) is 3.68. The van der Waals surface area contributed by atoms with E-state index in [4.69, 9.17) is 0 Å². The molecule has 0 bridgehead atoms. The number of rotatable bonds is 0. The Kier molecular flexibility index (Phi) is 2.23. The summed E-state index contributed by atoms with van der Waals surface area (Å²) in [6, 6.07) is 0. The molecule has 0 nitrogen and oxygen atoms in total. The van der Waals surface area contributed by atoms with Gasteiger partial charge in [-0.05, 0) is 50.4 Å². The zero-order valence-corrected chi connectivity index (χ0v) is 8.97. The molecule has 0 saturated heterocycles. The van der Waals surface area contributed by atoms with Crippen molar-refractivity contribution in [2.75, 3.05) is 0 Å². The minimum atomic E-state index is 0.962. The van der Waals surface area contributed by atoms with Gasteiger partial charge in [0.15, 0.2) is 0 Å². The molecule has 3 aliphatic rings. The lowest BCUT2D eigenvalue weighted by atomic mass is 9.66. The van der Waals surface area contributed by atoms with Gasteiger partial charge in [-0.15, -0.1) is 0 Å². The monoisotopic (exact) mass is 188 g/mol. The van der Waals surface area contributed by atoms with Gasteiger partial charge in [0, 0.05) is 0 Å². The fourth-order valence-electron chi connectivity index (χ4n) is 3.68. The van der Waals surface area contributed by atoms with Gasteiger partial charge in [-0.25, -0.2) is 0 Å². The van der Waals surface area contributed by atoms with Crippen molar-refractivity contribution in [1.82, 2.24) is 0 Å². The normalized spacial score (nSPS) is 36.6. The summed E-state index contributed by atoms with van der Waals surface area (Å²) >= 11 is 0. The molecule has 0 unspecified atom stereocenters. The van der Waals surface area contributed by atoms with Gasteiger partial charge in [0.1, 0.15) is 0 Å². The quantitative estimate of drug-likeness (QED) is 0.533. The maximum atomic E-state index is 2.46. The van der Waals surface area contributed by atoms with Crippen molar-refractivity contribution in [2.45, 2.75) is 51.4 Å². The lowest BCUT2D eigenvalue weighted by Crippen LogP contribution is -2.26. The van der Waals surface area contributed by atoms with Crippen LogP contribution in [0.3, 0.4) is 0 Å². The summed E-state index contributed by atoms with van der Waals surface area (Å²) in [4.78, 5) is 0. The molecule has 0 aromatic heterocycles. The van der Waals surface area contributed by atoms with Crippen LogP contribution in [0.4, 0.5) is 0 Å². The Bertz CT molecular complexity index is 252. The van der Waals surface area contributed by atoms with Crippen LogP contribution in [0.5, 0.6) is 0 Å². The number of fused-ring (bicyclic) bond motifs is 3. The Morgan fingerprint density at radius 2 is 1.21 bits per heavy atom. The van der Waals surface area contributed by atoms with E-state index < -0.39 is 0 Å². The van der Waals surface area contributed by atoms with E-state index in [0.717, 1.165) is 11.8 Å². The first-order valence-electron chi connectivity index (χ1n) is 6.34. The van der Waals surface area contributed by atoms with Crippen LogP contribution in [0, 0.1) is 11.8 Å². The van der Waals surface area contributed by atoms with Crippen molar-refractivity contribution in [3.8, 4) is 0 Å². The molecule has 0 heterocycles. The van der Waals surface area contributed by atoms with Crippen molar-refractivity contribution < 1.29 is 0 Å². The van der Waals surface area contributed by atoms with Gasteiger partial charge in [0.25, 0.3) is 0 Å². The largest absolute Gasteiger partial charge is 0.0665 e. The first-order chi connectivity index (χ1) is 6.95. The van der Waals surface area contributed by atoms with Crippen LogP contribution in [-0.2, 0) is 0 Å². The molecule has 0 spiro atoms. The molecule has 0 N–H and O–H groups in total. The van der Waals surface area contributed by atoms with Gasteiger partial charge in [-0.3, -0.25) is 0 Å². The van der Waals surface area contributed by atoms with E-state index in [1.165, 1.54) is 51.4 Å².